The third-order valence-electron chi connectivity index (χ3n) is 4.79. The van der Waals surface area contributed by atoms with Gasteiger partial charge in [-0.15, -0.1) is 0 Å². The summed E-state index contributed by atoms with van der Waals surface area (Å²) >= 11 is 3.37. The predicted molar refractivity (Wildman–Crippen MR) is 131 cm³/mol. The molecule has 33 heavy (non-hydrogen) atoms. The third-order valence-corrected chi connectivity index (χ3v) is 5.29. The van der Waals surface area contributed by atoms with Crippen molar-refractivity contribution in [1.82, 2.24) is 10.9 Å². The summed E-state index contributed by atoms with van der Waals surface area (Å²) in [6.07, 6.45) is 0.874. The molecule has 0 spiro atoms. The van der Waals surface area contributed by atoms with Crippen LogP contribution in [0.2, 0.25) is 0 Å². The van der Waals surface area contributed by atoms with Crippen molar-refractivity contribution in [3.05, 3.63) is 94.0 Å². The molecule has 172 valence electrons. The topological polar surface area (TPSA) is 76.7 Å². The fourth-order valence-corrected chi connectivity index (χ4v) is 3.27. The summed E-state index contributed by atoms with van der Waals surface area (Å²) in [5, 5.41) is 0. The van der Waals surface area contributed by atoms with Gasteiger partial charge in [0.05, 0.1) is 12.2 Å². The lowest BCUT2D eigenvalue weighted by Gasteiger charge is -2.14. The first-order valence-corrected chi connectivity index (χ1v) is 11.5. The standard InChI is InChI=1S/C26H27BrN2O4/c1-18(2)14-15-32-24-13-10-21(27)16-23(24)26(31)29-28-25(30)20-8-11-22(12-9-20)33-17-19-6-4-3-5-7-19/h3-13,16,18H,14-15,17H2,1-2H3,(H,28,30)(H,29,31). The summed E-state index contributed by atoms with van der Waals surface area (Å²) in [5.74, 6) is 0.705. The van der Waals surface area contributed by atoms with Crippen LogP contribution in [0.4, 0.5) is 0 Å². The molecule has 2 N–H and O–H groups in total. The second-order valence-electron chi connectivity index (χ2n) is 7.88. The van der Waals surface area contributed by atoms with Crippen molar-refractivity contribution in [2.24, 2.45) is 5.92 Å². The van der Waals surface area contributed by atoms with Crippen LogP contribution >= 0.6 is 15.9 Å². The summed E-state index contributed by atoms with van der Waals surface area (Å²) in [4.78, 5) is 25.1. The maximum atomic E-state index is 12.7. The minimum atomic E-state index is -0.466. The van der Waals surface area contributed by atoms with E-state index in [-0.39, 0.29) is 0 Å². The molecule has 3 aromatic carbocycles. The van der Waals surface area contributed by atoms with Crippen LogP contribution in [0.3, 0.4) is 0 Å². The van der Waals surface area contributed by atoms with Gasteiger partial charge in [-0.3, -0.25) is 20.4 Å². The molecule has 0 bridgehead atoms. The van der Waals surface area contributed by atoms with Gasteiger partial charge in [0.15, 0.2) is 0 Å². The van der Waals surface area contributed by atoms with Crippen molar-refractivity contribution in [1.29, 1.82) is 0 Å². The van der Waals surface area contributed by atoms with E-state index in [1.165, 1.54) is 0 Å². The number of amides is 2. The number of rotatable bonds is 9. The van der Waals surface area contributed by atoms with Crippen molar-refractivity contribution in [2.45, 2.75) is 26.9 Å². The highest BCUT2D eigenvalue weighted by atomic mass is 79.9. The number of hydrazine groups is 1. The lowest BCUT2D eigenvalue weighted by Crippen LogP contribution is -2.41. The van der Waals surface area contributed by atoms with Crippen LogP contribution in [0.1, 0.15) is 46.5 Å². The molecule has 0 fully saturated rings. The fraction of sp³-hybridized carbons (Fsp3) is 0.231. The van der Waals surface area contributed by atoms with Crippen LogP contribution in [0.15, 0.2) is 77.3 Å². The minimum Gasteiger partial charge on any atom is -0.493 e. The van der Waals surface area contributed by atoms with Crippen molar-refractivity contribution >= 4 is 27.7 Å². The van der Waals surface area contributed by atoms with E-state index < -0.39 is 11.8 Å². The van der Waals surface area contributed by atoms with Gasteiger partial charge in [-0.1, -0.05) is 60.1 Å². The molecule has 0 aromatic heterocycles. The normalized spacial score (nSPS) is 10.5. The van der Waals surface area contributed by atoms with Gasteiger partial charge in [-0.25, -0.2) is 0 Å². The van der Waals surface area contributed by atoms with Crippen LogP contribution in [-0.4, -0.2) is 18.4 Å². The van der Waals surface area contributed by atoms with E-state index in [0.717, 1.165) is 16.5 Å². The van der Waals surface area contributed by atoms with Crippen molar-refractivity contribution in [3.8, 4) is 11.5 Å². The highest BCUT2D eigenvalue weighted by Crippen LogP contribution is 2.24. The monoisotopic (exact) mass is 510 g/mol. The molecular weight excluding hydrogens is 484 g/mol. The number of carbonyl (C=O) groups is 2. The van der Waals surface area contributed by atoms with E-state index in [0.29, 0.717) is 41.8 Å². The van der Waals surface area contributed by atoms with Gasteiger partial charge >= 0.3 is 0 Å². The number of hydrogen-bond acceptors (Lipinski definition) is 4. The Bertz CT molecular complexity index is 1070. The quantitative estimate of drug-likeness (QED) is 0.371. The molecule has 3 rings (SSSR count). The first kappa shape index (κ1) is 24.3. The number of carbonyl (C=O) groups excluding carboxylic acids is 2. The molecule has 0 atom stereocenters. The molecule has 3 aromatic rings. The highest BCUT2D eigenvalue weighted by molar-refractivity contribution is 9.10. The average molecular weight is 511 g/mol. The van der Waals surface area contributed by atoms with Gasteiger partial charge in [0, 0.05) is 10.0 Å². The molecule has 0 aliphatic heterocycles. The summed E-state index contributed by atoms with van der Waals surface area (Å²) in [5.41, 5.74) is 6.68. The third kappa shape index (κ3) is 7.64. The second kappa shape index (κ2) is 12.1. The first-order valence-electron chi connectivity index (χ1n) is 10.7. The van der Waals surface area contributed by atoms with Gasteiger partial charge in [0.1, 0.15) is 18.1 Å². The summed E-state index contributed by atoms with van der Waals surface area (Å²) in [6, 6.07) is 21.7. The van der Waals surface area contributed by atoms with Crippen LogP contribution in [-0.2, 0) is 6.61 Å². The Kier molecular flexibility index (Phi) is 8.89. The second-order valence-corrected chi connectivity index (χ2v) is 8.79. The van der Waals surface area contributed by atoms with E-state index in [1.54, 1.807) is 36.4 Å². The molecule has 6 nitrogen and oxygen atoms in total. The Morgan fingerprint density at radius 1 is 0.879 bits per heavy atom. The van der Waals surface area contributed by atoms with Crippen LogP contribution in [0, 0.1) is 5.92 Å². The largest absolute Gasteiger partial charge is 0.493 e. The summed E-state index contributed by atoms with van der Waals surface area (Å²) in [7, 11) is 0. The van der Waals surface area contributed by atoms with E-state index in [4.69, 9.17) is 9.47 Å². The number of ether oxygens (including phenoxy) is 2. The van der Waals surface area contributed by atoms with E-state index >= 15 is 0 Å². The summed E-state index contributed by atoms with van der Waals surface area (Å²) < 4.78 is 12.2. The van der Waals surface area contributed by atoms with Crippen LogP contribution in [0.25, 0.3) is 0 Å². The van der Waals surface area contributed by atoms with Gasteiger partial charge < -0.3 is 9.47 Å². The molecule has 0 saturated heterocycles. The van der Waals surface area contributed by atoms with Crippen LogP contribution < -0.4 is 20.3 Å². The zero-order valence-electron chi connectivity index (χ0n) is 18.6. The van der Waals surface area contributed by atoms with E-state index in [1.807, 2.05) is 36.4 Å². The van der Waals surface area contributed by atoms with Crippen molar-refractivity contribution in [2.75, 3.05) is 6.61 Å². The zero-order valence-corrected chi connectivity index (χ0v) is 20.2. The van der Waals surface area contributed by atoms with E-state index in [2.05, 4.69) is 40.6 Å². The summed E-state index contributed by atoms with van der Waals surface area (Å²) in [6.45, 7) is 5.16. The van der Waals surface area contributed by atoms with Crippen molar-refractivity contribution < 1.29 is 19.1 Å². The Morgan fingerprint density at radius 2 is 1.58 bits per heavy atom. The number of nitrogens with one attached hydrogen (secondary N) is 2. The van der Waals surface area contributed by atoms with E-state index in [9.17, 15) is 9.59 Å². The molecular formula is C26H27BrN2O4. The van der Waals surface area contributed by atoms with Gasteiger partial charge in [-0.05, 0) is 60.4 Å². The molecule has 7 heteroatoms. The average Bonchev–Trinajstić information content (AvgIpc) is 2.82. The minimum absolute atomic E-state index is 0.332. The van der Waals surface area contributed by atoms with Gasteiger partial charge in [0.2, 0.25) is 0 Å². The molecule has 0 radical (unpaired) electrons. The molecule has 2 amide bonds. The molecule has 0 heterocycles. The molecule has 0 aliphatic rings. The Morgan fingerprint density at radius 3 is 2.27 bits per heavy atom. The SMILES string of the molecule is CC(C)CCOc1ccc(Br)cc1C(=O)NNC(=O)c1ccc(OCc2ccccc2)cc1. The van der Waals surface area contributed by atoms with Crippen LogP contribution in [0.5, 0.6) is 11.5 Å². The highest BCUT2D eigenvalue weighted by Gasteiger charge is 2.15. The maximum absolute atomic E-state index is 12.7. The predicted octanol–water partition coefficient (Wildman–Crippen LogP) is 5.53. The maximum Gasteiger partial charge on any atom is 0.273 e. The van der Waals surface area contributed by atoms with Crippen molar-refractivity contribution in [3.63, 3.8) is 0 Å². The Labute approximate surface area is 202 Å². The Hall–Kier alpha value is -3.32. The fourth-order valence-electron chi connectivity index (χ4n) is 2.91. The number of halogens is 1. The van der Waals surface area contributed by atoms with Gasteiger partial charge in [0.25, 0.3) is 11.8 Å². The first-order chi connectivity index (χ1) is 15.9. The zero-order chi connectivity index (χ0) is 23.6. The number of benzene rings is 3. The van der Waals surface area contributed by atoms with Gasteiger partial charge in [-0.2, -0.15) is 0 Å². The molecule has 0 aliphatic carbocycles. The molecule has 0 unspecified atom stereocenters. The molecule has 0 saturated carbocycles. The lowest BCUT2D eigenvalue weighted by molar-refractivity contribution is 0.0844. The smallest absolute Gasteiger partial charge is 0.273 e. The Balaban J connectivity index is 1.54. The lowest BCUT2D eigenvalue weighted by atomic mass is 10.1. The number of hydrogen-bond donors (Lipinski definition) is 2.